The molecule has 4 aromatic rings. The number of benzene rings is 2. The van der Waals surface area contributed by atoms with E-state index in [1.165, 1.54) is 46.6 Å². The van der Waals surface area contributed by atoms with Crippen molar-refractivity contribution in [2.45, 2.75) is 6.92 Å². The van der Waals surface area contributed by atoms with Crippen molar-refractivity contribution in [1.29, 1.82) is 0 Å². The van der Waals surface area contributed by atoms with Crippen LogP contribution in [0, 0.1) is 17.0 Å². The number of aromatic nitrogens is 3. The second kappa shape index (κ2) is 6.61. The molecule has 0 bridgehead atoms. The molecule has 0 aliphatic carbocycles. The number of nitro benzene ring substituents is 1. The van der Waals surface area contributed by atoms with Crippen molar-refractivity contribution in [3.8, 4) is 5.69 Å². The second-order valence-electron chi connectivity index (χ2n) is 5.87. The highest BCUT2D eigenvalue weighted by Gasteiger charge is 2.19. The van der Waals surface area contributed by atoms with E-state index in [0.717, 1.165) is 15.8 Å². The number of hydrogen-bond donors (Lipinski definition) is 1. The van der Waals surface area contributed by atoms with Crippen LogP contribution in [0.1, 0.15) is 15.9 Å². The highest BCUT2D eigenvalue weighted by atomic mass is 32.1. The van der Waals surface area contributed by atoms with Crippen LogP contribution in [0.15, 0.2) is 55.1 Å². The standard InChI is InChI=1S/C18H13N5O3S/c1-11-2-4-13-16(8-11)27-18(20-13)21-17(24)12-3-5-14(15(9-12)23(25)26)22-7-6-19-10-22/h2-10H,1H3,(H,20,21,24). The maximum absolute atomic E-state index is 12.5. The second-order valence-corrected chi connectivity index (χ2v) is 6.91. The van der Waals surface area contributed by atoms with Gasteiger partial charge in [0.25, 0.3) is 11.6 Å². The first-order valence-electron chi connectivity index (χ1n) is 7.96. The van der Waals surface area contributed by atoms with Gasteiger partial charge in [0, 0.05) is 24.0 Å². The van der Waals surface area contributed by atoms with E-state index in [1.54, 1.807) is 6.20 Å². The van der Waals surface area contributed by atoms with E-state index in [9.17, 15) is 14.9 Å². The molecule has 1 amide bonds. The van der Waals surface area contributed by atoms with Gasteiger partial charge < -0.3 is 4.57 Å². The van der Waals surface area contributed by atoms with E-state index in [4.69, 9.17) is 0 Å². The van der Waals surface area contributed by atoms with Gasteiger partial charge in [0.2, 0.25) is 0 Å². The van der Waals surface area contributed by atoms with Gasteiger partial charge in [-0.05, 0) is 36.8 Å². The van der Waals surface area contributed by atoms with Crippen molar-refractivity contribution in [3.05, 3.63) is 76.4 Å². The molecule has 9 heteroatoms. The van der Waals surface area contributed by atoms with Crippen molar-refractivity contribution >= 4 is 38.3 Å². The monoisotopic (exact) mass is 379 g/mol. The first-order valence-corrected chi connectivity index (χ1v) is 8.78. The van der Waals surface area contributed by atoms with Crippen molar-refractivity contribution in [1.82, 2.24) is 14.5 Å². The minimum Gasteiger partial charge on any atom is -0.300 e. The summed E-state index contributed by atoms with van der Waals surface area (Å²) >= 11 is 1.36. The molecule has 1 N–H and O–H groups in total. The molecule has 0 fully saturated rings. The predicted octanol–water partition coefficient (Wildman–Crippen LogP) is 3.95. The Hall–Kier alpha value is -3.59. The molecule has 0 unspecified atom stereocenters. The van der Waals surface area contributed by atoms with Crippen LogP contribution in [0.2, 0.25) is 0 Å². The Morgan fingerprint density at radius 1 is 1.26 bits per heavy atom. The third kappa shape index (κ3) is 3.27. The van der Waals surface area contributed by atoms with Crippen molar-refractivity contribution in [3.63, 3.8) is 0 Å². The summed E-state index contributed by atoms with van der Waals surface area (Å²) in [6, 6.07) is 10.1. The van der Waals surface area contributed by atoms with Gasteiger partial charge in [0.1, 0.15) is 5.69 Å². The topological polar surface area (TPSA) is 103 Å². The first kappa shape index (κ1) is 16.9. The zero-order chi connectivity index (χ0) is 19.0. The van der Waals surface area contributed by atoms with Gasteiger partial charge in [-0.15, -0.1) is 0 Å². The number of rotatable bonds is 4. The molecule has 2 heterocycles. The number of imidazole rings is 1. The number of anilines is 1. The third-order valence-corrected chi connectivity index (χ3v) is 4.91. The molecule has 0 saturated carbocycles. The Morgan fingerprint density at radius 3 is 2.85 bits per heavy atom. The fourth-order valence-electron chi connectivity index (χ4n) is 2.69. The molecular weight excluding hydrogens is 366 g/mol. The molecule has 0 aliphatic rings. The highest BCUT2D eigenvalue weighted by molar-refractivity contribution is 7.22. The van der Waals surface area contributed by atoms with Gasteiger partial charge in [0.05, 0.1) is 21.5 Å². The maximum Gasteiger partial charge on any atom is 0.294 e. The molecule has 27 heavy (non-hydrogen) atoms. The number of nitrogens with one attached hydrogen (secondary N) is 1. The molecule has 0 aliphatic heterocycles. The molecule has 0 saturated heterocycles. The van der Waals surface area contributed by atoms with Crippen LogP contribution >= 0.6 is 11.3 Å². The molecule has 4 rings (SSSR count). The summed E-state index contributed by atoms with van der Waals surface area (Å²) in [5.74, 6) is -0.453. The number of aryl methyl sites for hydroxylation is 1. The lowest BCUT2D eigenvalue weighted by Gasteiger charge is -2.06. The summed E-state index contributed by atoms with van der Waals surface area (Å²) in [7, 11) is 0. The van der Waals surface area contributed by atoms with Gasteiger partial charge in [-0.2, -0.15) is 0 Å². The van der Waals surface area contributed by atoms with Crippen LogP contribution in [-0.2, 0) is 0 Å². The van der Waals surface area contributed by atoms with Crippen molar-refractivity contribution in [2.24, 2.45) is 0 Å². The summed E-state index contributed by atoms with van der Waals surface area (Å²) in [5, 5.41) is 14.6. The van der Waals surface area contributed by atoms with Crippen LogP contribution in [0.5, 0.6) is 0 Å². The summed E-state index contributed by atoms with van der Waals surface area (Å²) in [4.78, 5) is 31.7. The van der Waals surface area contributed by atoms with Crippen LogP contribution < -0.4 is 5.32 Å². The van der Waals surface area contributed by atoms with Gasteiger partial charge in [-0.1, -0.05) is 17.4 Å². The first-order chi connectivity index (χ1) is 13.0. The summed E-state index contributed by atoms with van der Waals surface area (Å²) in [6.45, 7) is 1.98. The van der Waals surface area contributed by atoms with E-state index in [0.29, 0.717) is 10.8 Å². The molecule has 8 nitrogen and oxygen atoms in total. The average molecular weight is 379 g/mol. The van der Waals surface area contributed by atoms with Crippen LogP contribution in [0.25, 0.3) is 15.9 Å². The Kier molecular flexibility index (Phi) is 4.13. The van der Waals surface area contributed by atoms with Crippen molar-refractivity contribution in [2.75, 3.05) is 5.32 Å². The van der Waals surface area contributed by atoms with E-state index >= 15 is 0 Å². The summed E-state index contributed by atoms with van der Waals surface area (Å²) in [6.07, 6.45) is 4.59. The van der Waals surface area contributed by atoms with Crippen LogP contribution in [0.3, 0.4) is 0 Å². The van der Waals surface area contributed by atoms with Gasteiger partial charge in [0.15, 0.2) is 5.13 Å². The molecule has 0 radical (unpaired) electrons. The van der Waals surface area contributed by atoms with Gasteiger partial charge in [-0.3, -0.25) is 20.2 Å². The Morgan fingerprint density at radius 2 is 2.11 bits per heavy atom. The van der Waals surface area contributed by atoms with E-state index in [2.05, 4.69) is 15.3 Å². The SMILES string of the molecule is Cc1ccc2nc(NC(=O)c3ccc(-n4ccnc4)c([N+](=O)[O-])c3)sc2c1. The minimum absolute atomic E-state index is 0.180. The van der Waals surface area contributed by atoms with Crippen molar-refractivity contribution < 1.29 is 9.72 Å². The number of thiazole rings is 1. The number of nitrogens with zero attached hydrogens (tertiary/aromatic N) is 4. The molecule has 134 valence electrons. The zero-order valence-electron chi connectivity index (χ0n) is 14.1. The molecule has 0 atom stereocenters. The van der Waals surface area contributed by atoms with E-state index in [-0.39, 0.29) is 11.3 Å². The smallest absolute Gasteiger partial charge is 0.294 e. The zero-order valence-corrected chi connectivity index (χ0v) is 14.9. The predicted molar refractivity (Wildman–Crippen MR) is 103 cm³/mol. The minimum atomic E-state index is -0.521. The van der Waals surface area contributed by atoms with Gasteiger partial charge in [-0.25, -0.2) is 9.97 Å². The maximum atomic E-state index is 12.5. The largest absolute Gasteiger partial charge is 0.300 e. The number of fused-ring (bicyclic) bond motifs is 1. The van der Waals surface area contributed by atoms with Gasteiger partial charge >= 0.3 is 0 Å². The Balaban J connectivity index is 1.64. The number of amides is 1. The molecule has 2 aromatic heterocycles. The summed E-state index contributed by atoms with van der Waals surface area (Å²) in [5.41, 5.74) is 2.24. The lowest BCUT2D eigenvalue weighted by atomic mass is 10.1. The molecule has 2 aromatic carbocycles. The quantitative estimate of drug-likeness (QED) is 0.427. The van der Waals surface area contributed by atoms with Crippen LogP contribution in [-0.4, -0.2) is 25.4 Å². The fraction of sp³-hybridized carbons (Fsp3) is 0.0556. The normalized spacial score (nSPS) is 10.9. The van der Waals surface area contributed by atoms with Crippen LogP contribution in [0.4, 0.5) is 10.8 Å². The highest BCUT2D eigenvalue weighted by Crippen LogP contribution is 2.28. The lowest BCUT2D eigenvalue weighted by Crippen LogP contribution is -2.12. The third-order valence-electron chi connectivity index (χ3n) is 3.98. The molecule has 0 spiro atoms. The molecular formula is C18H13N5O3S. The number of hydrogen-bond acceptors (Lipinski definition) is 6. The number of nitro groups is 1. The Bertz CT molecular complexity index is 1170. The summed E-state index contributed by atoms with van der Waals surface area (Å²) < 4.78 is 2.49. The average Bonchev–Trinajstić information content (AvgIpc) is 3.30. The Labute approximate surface area is 157 Å². The number of carbonyl (C=O) groups excluding carboxylic acids is 1. The lowest BCUT2D eigenvalue weighted by molar-refractivity contribution is -0.384. The van der Waals surface area contributed by atoms with E-state index in [1.807, 2.05) is 25.1 Å². The fourth-order valence-corrected chi connectivity index (χ4v) is 3.64. The number of carbonyl (C=O) groups is 1. The van der Waals surface area contributed by atoms with E-state index < -0.39 is 10.8 Å².